The second-order valence-corrected chi connectivity index (χ2v) is 6.62. The quantitative estimate of drug-likeness (QED) is 0.725. The molecule has 0 aromatic carbocycles. The molecule has 1 aliphatic heterocycles. The van der Waals surface area contributed by atoms with Gasteiger partial charge in [0, 0.05) is 0 Å². The molecule has 0 unspecified atom stereocenters. The fourth-order valence-corrected chi connectivity index (χ4v) is 2.18. The summed E-state index contributed by atoms with van der Waals surface area (Å²) in [6, 6.07) is 0. The minimum absolute atomic E-state index is 0.417. The Balaban J connectivity index is 1.95. The van der Waals surface area contributed by atoms with Crippen LogP contribution in [0.25, 0.3) is 0 Å². The van der Waals surface area contributed by atoms with E-state index in [-0.39, 0.29) is 0 Å². The Labute approximate surface area is 102 Å². The SMILES string of the molecule is CC1CCN(CCCNCC(C)(C)C)CC1. The van der Waals surface area contributed by atoms with Gasteiger partial charge < -0.3 is 10.2 Å². The third kappa shape index (κ3) is 6.49. The van der Waals surface area contributed by atoms with Crippen LogP contribution in [0, 0.1) is 11.3 Å². The van der Waals surface area contributed by atoms with Crippen molar-refractivity contribution in [3.05, 3.63) is 0 Å². The Kier molecular flexibility index (Phi) is 5.77. The molecular formula is C14H30N2. The molecule has 0 aromatic heterocycles. The molecule has 0 saturated carbocycles. The Morgan fingerprint density at radius 1 is 1.19 bits per heavy atom. The fraction of sp³-hybridized carbons (Fsp3) is 1.00. The zero-order chi connectivity index (χ0) is 12.0. The lowest BCUT2D eigenvalue weighted by Gasteiger charge is -2.30. The van der Waals surface area contributed by atoms with Crippen molar-refractivity contribution in [2.75, 3.05) is 32.7 Å². The largest absolute Gasteiger partial charge is 0.316 e. The van der Waals surface area contributed by atoms with Gasteiger partial charge in [-0.05, 0) is 63.3 Å². The maximum Gasteiger partial charge on any atom is -0.0000116 e. The molecule has 0 radical (unpaired) electrons. The van der Waals surface area contributed by atoms with Gasteiger partial charge in [0.25, 0.3) is 0 Å². The molecule has 1 aliphatic rings. The molecule has 0 atom stereocenters. The van der Waals surface area contributed by atoms with E-state index >= 15 is 0 Å². The van der Waals surface area contributed by atoms with E-state index in [1.807, 2.05) is 0 Å². The highest BCUT2D eigenvalue weighted by Gasteiger charge is 2.14. The first-order valence-corrected chi connectivity index (χ1v) is 6.90. The van der Waals surface area contributed by atoms with Crippen molar-refractivity contribution < 1.29 is 0 Å². The van der Waals surface area contributed by atoms with E-state index in [9.17, 15) is 0 Å². The molecule has 1 N–H and O–H groups in total. The predicted molar refractivity (Wildman–Crippen MR) is 71.8 cm³/mol. The highest BCUT2D eigenvalue weighted by atomic mass is 15.1. The summed E-state index contributed by atoms with van der Waals surface area (Å²) in [5.41, 5.74) is 0.417. The smallest absolute Gasteiger partial charge is 0.0000116 e. The Bertz CT molecular complexity index is 176. The first-order chi connectivity index (χ1) is 7.47. The second-order valence-electron chi connectivity index (χ2n) is 6.62. The van der Waals surface area contributed by atoms with E-state index in [1.54, 1.807) is 0 Å². The molecule has 1 rings (SSSR count). The summed E-state index contributed by atoms with van der Waals surface area (Å²) in [5, 5.41) is 3.55. The topological polar surface area (TPSA) is 15.3 Å². The van der Waals surface area contributed by atoms with Gasteiger partial charge in [0.1, 0.15) is 0 Å². The van der Waals surface area contributed by atoms with Gasteiger partial charge in [0.15, 0.2) is 0 Å². The summed E-state index contributed by atoms with van der Waals surface area (Å²) >= 11 is 0. The van der Waals surface area contributed by atoms with Crippen LogP contribution in [0.3, 0.4) is 0 Å². The van der Waals surface area contributed by atoms with E-state index in [2.05, 4.69) is 37.9 Å². The van der Waals surface area contributed by atoms with Crippen LogP contribution in [-0.2, 0) is 0 Å². The van der Waals surface area contributed by atoms with E-state index in [4.69, 9.17) is 0 Å². The summed E-state index contributed by atoms with van der Waals surface area (Å²) < 4.78 is 0. The molecule has 96 valence electrons. The number of hydrogen-bond acceptors (Lipinski definition) is 2. The standard InChI is InChI=1S/C14H30N2/c1-13-6-10-16(11-7-13)9-5-8-15-12-14(2,3)4/h13,15H,5-12H2,1-4H3. The molecule has 0 amide bonds. The highest BCUT2D eigenvalue weighted by molar-refractivity contribution is 4.70. The third-order valence-electron chi connectivity index (χ3n) is 3.36. The van der Waals surface area contributed by atoms with Crippen LogP contribution in [0.5, 0.6) is 0 Å². The summed E-state index contributed by atoms with van der Waals surface area (Å²) in [6.45, 7) is 15.4. The molecule has 0 bridgehead atoms. The summed E-state index contributed by atoms with van der Waals surface area (Å²) in [4.78, 5) is 2.62. The molecule has 1 fully saturated rings. The van der Waals surface area contributed by atoms with Crippen LogP contribution in [0.4, 0.5) is 0 Å². The maximum absolute atomic E-state index is 3.55. The number of piperidine rings is 1. The average Bonchev–Trinajstić information content (AvgIpc) is 2.19. The first-order valence-electron chi connectivity index (χ1n) is 6.90. The third-order valence-corrected chi connectivity index (χ3v) is 3.36. The minimum Gasteiger partial charge on any atom is -0.316 e. The van der Waals surface area contributed by atoms with Gasteiger partial charge in [0.2, 0.25) is 0 Å². The van der Waals surface area contributed by atoms with Crippen molar-refractivity contribution in [3.8, 4) is 0 Å². The van der Waals surface area contributed by atoms with Gasteiger partial charge in [-0.15, -0.1) is 0 Å². The Morgan fingerprint density at radius 2 is 1.81 bits per heavy atom. The van der Waals surface area contributed by atoms with Crippen molar-refractivity contribution in [2.24, 2.45) is 11.3 Å². The van der Waals surface area contributed by atoms with Crippen molar-refractivity contribution in [1.82, 2.24) is 10.2 Å². The maximum atomic E-state index is 3.55. The van der Waals surface area contributed by atoms with E-state index in [0.29, 0.717) is 5.41 Å². The summed E-state index contributed by atoms with van der Waals surface area (Å²) in [7, 11) is 0. The predicted octanol–water partition coefficient (Wildman–Crippen LogP) is 2.74. The second kappa shape index (κ2) is 6.61. The Morgan fingerprint density at radius 3 is 2.38 bits per heavy atom. The van der Waals surface area contributed by atoms with Gasteiger partial charge in [-0.1, -0.05) is 27.7 Å². The molecule has 0 aromatic rings. The molecule has 0 spiro atoms. The van der Waals surface area contributed by atoms with Crippen LogP contribution >= 0.6 is 0 Å². The zero-order valence-corrected chi connectivity index (χ0v) is 11.7. The van der Waals surface area contributed by atoms with E-state index in [0.717, 1.165) is 12.5 Å². The lowest BCUT2D eigenvalue weighted by atomic mass is 9.97. The number of hydrogen-bond donors (Lipinski definition) is 1. The fourth-order valence-electron chi connectivity index (χ4n) is 2.18. The molecule has 1 saturated heterocycles. The number of likely N-dealkylation sites (tertiary alicyclic amines) is 1. The van der Waals surface area contributed by atoms with Gasteiger partial charge in [0.05, 0.1) is 0 Å². The lowest BCUT2D eigenvalue weighted by molar-refractivity contribution is 0.189. The van der Waals surface area contributed by atoms with Crippen LogP contribution in [0.15, 0.2) is 0 Å². The molecule has 1 heterocycles. The van der Waals surface area contributed by atoms with Crippen LogP contribution < -0.4 is 5.32 Å². The van der Waals surface area contributed by atoms with Crippen molar-refractivity contribution in [1.29, 1.82) is 0 Å². The number of rotatable bonds is 5. The normalized spacial score (nSPS) is 20.2. The summed E-state index contributed by atoms with van der Waals surface area (Å²) in [5.74, 6) is 0.954. The highest BCUT2D eigenvalue weighted by Crippen LogP contribution is 2.15. The Hall–Kier alpha value is -0.0800. The molecule has 2 nitrogen and oxygen atoms in total. The van der Waals surface area contributed by atoms with Crippen LogP contribution in [-0.4, -0.2) is 37.6 Å². The van der Waals surface area contributed by atoms with Gasteiger partial charge in [-0.3, -0.25) is 0 Å². The summed E-state index contributed by atoms with van der Waals surface area (Å²) in [6.07, 6.45) is 4.09. The molecule has 0 aliphatic carbocycles. The molecular weight excluding hydrogens is 196 g/mol. The average molecular weight is 226 g/mol. The van der Waals surface area contributed by atoms with Crippen molar-refractivity contribution in [2.45, 2.75) is 47.0 Å². The van der Waals surface area contributed by atoms with Crippen LogP contribution in [0.2, 0.25) is 0 Å². The lowest BCUT2D eigenvalue weighted by Crippen LogP contribution is -2.35. The van der Waals surface area contributed by atoms with Gasteiger partial charge >= 0.3 is 0 Å². The number of nitrogens with one attached hydrogen (secondary N) is 1. The monoisotopic (exact) mass is 226 g/mol. The molecule has 16 heavy (non-hydrogen) atoms. The van der Waals surface area contributed by atoms with Gasteiger partial charge in [-0.25, -0.2) is 0 Å². The molecule has 2 heteroatoms. The first kappa shape index (κ1) is 14.0. The zero-order valence-electron chi connectivity index (χ0n) is 11.7. The number of nitrogens with zero attached hydrogens (tertiary/aromatic N) is 1. The van der Waals surface area contributed by atoms with E-state index < -0.39 is 0 Å². The van der Waals surface area contributed by atoms with Crippen molar-refractivity contribution >= 4 is 0 Å². The minimum atomic E-state index is 0.417. The van der Waals surface area contributed by atoms with Gasteiger partial charge in [-0.2, -0.15) is 0 Å². The van der Waals surface area contributed by atoms with Crippen molar-refractivity contribution in [3.63, 3.8) is 0 Å². The van der Waals surface area contributed by atoms with E-state index in [1.165, 1.54) is 45.4 Å². The van der Waals surface area contributed by atoms with Crippen LogP contribution in [0.1, 0.15) is 47.0 Å².